The van der Waals surface area contributed by atoms with E-state index in [1.54, 1.807) is 50.2 Å². The summed E-state index contributed by atoms with van der Waals surface area (Å²) in [7, 11) is 0. The number of carbonyl (C=O) groups is 3. The van der Waals surface area contributed by atoms with E-state index in [0.717, 1.165) is 49.2 Å². The molecule has 14 nitrogen and oxygen atoms in total. The summed E-state index contributed by atoms with van der Waals surface area (Å²) in [6, 6.07) is 29.9. The number of hydrogen-bond donors (Lipinski definition) is 6. The molecule has 3 atom stereocenters. The molecule has 5 aromatic rings. The van der Waals surface area contributed by atoms with Gasteiger partial charge < -0.3 is 45.4 Å². The van der Waals surface area contributed by atoms with Gasteiger partial charge in [0.2, 0.25) is 5.56 Å². The summed E-state index contributed by atoms with van der Waals surface area (Å²) < 4.78 is 17.6. The molecule has 4 heterocycles. The summed E-state index contributed by atoms with van der Waals surface area (Å²) in [4.78, 5) is 56.0. The summed E-state index contributed by atoms with van der Waals surface area (Å²) in [6.07, 6.45) is 1.92. The first-order chi connectivity index (χ1) is 29.9. The molecule has 3 aliphatic rings. The molecule has 3 saturated heterocycles. The molecule has 6 N–H and O–H groups in total. The van der Waals surface area contributed by atoms with Crippen LogP contribution in [-0.2, 0) is 20.9 Å². The van der Waals surface area contributed by atoms with E-state index < -0.39 is 35.7 Å². The van der Waals surface area contributed by atoms with Gasteiger partial charge in [0.15, 0.2) is 0 Å². The van der Waals surface area contributed by atoms with Gasteiger partial charge in [-0.3, -0.25) is 14.5 Å². The van der Waals surface area contributed by atoms with E-state index in [4.69, 9.17) is 14.2 Å². The summed E-state index contributed by atoms with van der Waals surface area (Å²) in [5.41, 5.74) is 2.20. The van der Waals surface area contributed by atoms with E-state index in [2.05, 4.69) is 25.8 Å². The Morgan fingerprint density at radius 3 is 2.40 bits per heavy atom. The number of H-pyrrole nitrogens is 1. The predicted octanol–water partition coefficient (Wildman–Crippen LogP) is 5.88. The molecule has 2 amide bonds. The number of rotatable bonds is 18. The number of aliphatic hydroxyl groups excluding tert-OH is 1. The summed E-state index contributed by atoms with van der Waals surface area (Å²) in [5.74, 6) is -0.0306. The standard InChI is InChI=1S/C48H55N5O9/c1-48(2,46(58)60-26-7-6-23-49-28-40(55)37-17-19-39(54)44-38(37)18-20-42(56)50-44)52-45(57)34-15-13-31(14-16-34)30-61-36-12-8-11-35(27-36)43(33-9-4-3-5-10-33)51-47(59)62-41-29-53-24-21-32(41)22-25-53/h3-5,8-20,27,32,40-41,43,49,54-55H,6-7,21-26,28-30H2,1-2H3,(H,50,56)(H,51,59)(H,52,57)/t40-,41+,43?/m1/s1. The normalized spacial score (nSPS) is 18.1. The maximum absolute atomic E-state index is 13.2. The number of carbonyl (C=O) groups excluding carboxylic acids is 3. The molecule has 326 valence electrons. The van der Waals surface area contributed by atoms with E-state index in [1.165, 1.54) is 12.1 Å². The third kappa shape index (κ3) is 11.2. The van der Waals surface area contributed by atoms with Gasteiger partial charge in [-0.25, -0.2) is 9.59 Å². The molecular weight excluding hydrogens is 791 g/mol. The molecule has 2 bridgehead atoms. The lowest BCUT2D eigenvalue weighted by atomic mass is 9.86. The van der Waals surface area contributed by atoms with Gasteiger partial charge in [-0.15, -0.1) is 0 Å². The number of phenolic OH excluding ortho intramolecular Hbond substituents is 1. The Labute approximate surface area is 360 Å². The Morgan fingerprint density at radius 2 is 1.66 bits per heavy atom. The number of hydrogen-bond acceptors (Lipinski definition) is 11. The van der Waals surface area contributed by atoms with Crippen LogP contribution in [0.4, 0.5) is 4.79 Å². The van der Waals surface area contributed by atoms with Crippen LogP contribution in [0.25, 0.3) is 10.9 Å². The second-order valence-corrected chi connectivity index (χ2v) is 16.6. The quantitative estimate of drug-likeness (QED) is 0.0457. The minimum Gasteiger partial charge on any atom is -0.506 e. The van der Waals surface area contributed by atoms with Crippen molar-refractivity contribution in [3.8, 4) is 11.5 Å². The highest BCUT2D eigenvalue weighted by Gasteiger charge is 2.37. The van der Waals surface area contributed by atoms with Gasteiger partial charge in [0.1, 0.15) is 29.7 Å². The fourth-order valence-electron chi connectivity index (χ4n) is 8.04. The van der Waals surface area contributed by atoms with Crippen molar-refractivity contribution in [3.05, 3.63) is 141 Å². The number of fused-ring (bicyclic) bond motifs is 4. The molecule has 0 radical (unpaired) electrons. The first-order valence-electron chi connectivity index (χ1n) is 21.2. The highest BCUT2D eigenvalue weighted by Crippen LogP contribution is 2.31. The number of alkyl carbamates (subject to hydrolysis) is 1. The van der Waals surface area contributed by atoms with Crippen LogP contribution in [0.1, 0.15) is 84.3 Å². The second-order valence-electron chi connectivity index (χ2n) is 16.6. The van der Waals surface area contributed by atoms with Crippen molar-refractivity contribution in [1.82, 2.24) is 25.8 Å². The number of ether oxygens (including phenoxy) is 3. The lowest BCUT2D eigenvalue weighted by molar-refractivity contribution is -0.150. The zero-order valence-electron chi connectivity index (χ0n) is 35.1. The molecule has 0 saturated carbocycles. The minimum absolute atomic E-state index is 0.0713. The minimum atomic E-state index is -1.28. The Bertz CT molecular complexity index is 2380. The molecule has 3 fully saturated rings. The Hall–Kier alpha value is -6.22. The number of aromatic amines is 1. The molecule has 0 spiro atoms. The number of piperidine rings is 3. The van der Waals surface area contributed by atoms with Crippen LogP contribution in [-0.4, -0.2) is 89.0 Å². The maximum atomic E-state index is 13.2. The summed E-state index contributed by atoms with van der Waals surface area (Å²) in [5, 5.41) is 30.4. The second kappa shape index (κ2) is 20.1. The van der Waals surface area contributed by atoms with Gasteiger partial charge in [0.05, 0.1) is 24.3 Å². The molecule has 0 aliphatic carbocycles. The average molecular weight is 846 g/mol. The molecular formula is C48H55N5O9. The van der Waals surface area contributed by atoms with E-state index in [1.807, 2.05) is 54.6 Å². The van der Waals surface area contributed by atoms with Crippen LogP contribution in [0.5, 0.6) is 11.5 Å². The largest absolute Gasteiger partial charge is 0.506 e. The smallest absolute Gasteiger partial charge is 0.408 e. The fourth-order valence-corrected chi connectivity index (χ4v) is 8.04. The van der Waals surface area contributed by atoms with E-state index in [9.17, 15) is 29.4 Å². The molecule has 4 aromatic carbocycles. The number of phenols is 1. The van der Waals surface area contributed by atoms with Crippen LogP contribution >= 0.6 is 0 Å². The van der Waals surface area contributed by atoms with Crippen LogP contribution < -0.4 is 26.2 Å². The summed E-state index contributed by atoms with van der Waals surface area (Å²) in [6.45, 7) is 7.29. The zero-order chi connectivity index (χ0) is 43.6. The number of amides is 2. The van der Waals surface area contributed by atoms with Gasteiger partial charge in [0, 0.05) is 30.1 Å². The predicted molar refractivity (Wildman–Crippen MR) is 234 cm³/mol. The number of aromatic nitrogens is 1. The topological polar surface area (TPSA) is 192 Å². The number of esters is 1. The fraction of sp³-hybridized carbons (Fsp3) is 0.375. The molecule has 1 aromatic heterocycles. The van der Waals surface area contributed by atoms with Crippen molar-refractivity contribution in [2.45, 2.75) is 69.9 Å². The molecule has 8 rings (SSSR count). The Morgan fingerprint density at radius 1 is 0.903 bits per heavy atom. The van der Waals surface area contributed by atoms with Crippen molar-refractivity contribution in [1.29, 1.82) is 0 Å². The molecule has 3 aliphatic heterocycles. The highest BCUT2D eigenvalue weighted by molar-refractivity contribution is 5.98. The maximum Gasteiger partial charge on any atom is 0.408 e. The lowest BCUT2D eigenvalue weighted by Crippen LogP contribution is -2.52. The number of nitrogens with zero attached hydrogens (tertiary/aromatic N) is 1. The van der Waals surface area contributed by atoms with Crippen molar-refractivity contribution in [2.75, 3.05) is 39.3 Å². The molecule has 1 unspecified atom stereocenters. The SMILES string of the molecule is CC(C)(NC(=O)c1ccc(COc2cccc(C(NC(=O)O[C@H]3CN4CCC3CC4)c3ccccc3)c2)cc1)C(=O)OCCCCNC[C@@H](O)c1ccc(O)c2[nH]c(=O)ccc12. The number of aliphatic hydroxyl groups is 1. The number of unbranched alkanes of at least 4 members (excludes halogenated alkanes) is 1. The molecule has 62 heavy (non-hydrogen) atoms. The van der Waals surface area contributed by atoms with Crippen molar-refractivity contribution < 1.29 is 38.8 Å². The average Bonchev–Trinajstić information content (AvgIpc) is 3.28. The summed E-state index contributed by atoms with van der Waals surface area (Å²) >= 11 is 0. The lowest BCUT2D eigenvalue weighted by Gasteiger charge is -2.43. The third-order valence-corrected chi connectivity index (χ3v) is 11.6. The van der Waals surface area contributed by atoms with Gasteiger partial charge in [0.25, 0.3) is 5.91 Å². The van der Waals surface area contributed by atoms with Crippen LogP contribution in [0.15, 0.2) is 108 Å². The monoisotopic (exact) mass is 845 g/mol. The zero-order valence-corrected chi connectivity index (χ0v) is 35.1. The first kappa shape index (κ1) is 43.9. The first-order valence-corrected chi connectivity index (χ1v) is 21.2. The third-order valence-electron chi connectivity index (χ3n) is 11.6. The molecule has 14 heteroatoms. The number of benzene rings is 4. The van der Waals surface area contributed by atoms with Crippen LogP contribution in [0, 0.1) is 5.92 Å². The van der Waals surface area contributed by atoms with Crippen LogP contribution in [0.2, 0.25) is 0 Å². The number of aromatic hydroxyl groups is 1. The van der Waals surface area contributed by atoms with E-state index in [0.29, 0.717) is 47.6 Å². The van der Waals surface area contributed by atoms with Gasteiger partial charge in [-0.1, -0.05) is 60.7 Å². The Balaban J connectivity index is 0.838. The highest BCUT2D eigenvalue weighted by atomic mass is 16.6. The van der Waals surface area contributed by atoms with Gasteiger partial charge in [-0.05, 0) is 124 Å². The number of nitrogens with one attached hydrogen (secondary N) is 4. The van der Waals surface area contributed by atoms with Gasteiger partial charge in [-0.2, -0.15) is 0 Å². The van der Waals surface area contributed by atoms with Crippen molar-refractivity contribution in [2.24, 2.45) is 5.92 Å². The van der Waals surface area contributed by atoms with Crippen molar-refractivity contribution >= 4 is 28.9 Å². The van der Waals surface area contributed by atoms with Gasteiger partial charge >= 0.3 is 12.1 Å². The van der Waals surface area contributed by atoms with Crippen LogP contribution in [0.3, 0.4) is 0 Å². The number of pyridine rings is 1. The van der Waals surface area contributed by atoms with E-state index in [-0.39, 0.29) is 42.7 Å². The van der Waals surface area contributed by atoms with Crippen molar-refractivity contribution in [3.63, 3.8) is 0 Å². The Kier molecular flexibility index (Phi) is 14.2. The van der Waals surface area contributed by atoms with E-state index >= 15 is 0 Å².